The second-order valence-corrected chi connectivity index (χ2v) is 2.51. The van der Waals surface area contributed by atoms with Crippen LogP contribution >= 0.6 is 0 Å². The Bertz CT molecular complexity index is 384. The average molecular weight is 176 g/mol. The highest BCUT2D eigenvalue weighted by molar-refractivity contribution is 5.53. The first-order chi connectivity index (χ1) is 6.42. The van der Waals surface area contributed by atoms with Crippen molar-refractivity contribution in [1.29, 1.82) is 0 Å². The zero-order chi connectivity index (χ0) is 9.10. The molecule has 2 rings (SSSR count). The first-order valence-corrected chi connectivity index (χ1v) is 3.84. The van der Waals surface area contributed by atoms with Gasteiger partial charge in [0.25, 0.3) is 0 Å². The minimum Gasteiger partial charge on any atom is -0.374 e. The summed E-state index contributed by atoms with van der Waals surface area (Å²) < 4.78 is 1.33. The standard InChI is InChI=1S/C8H8N4O/c13-6-12-8(9-10-11-12)7-4-2-1-3-5-7/h1-5,13H,6H2. The van der Waals surface area contributed by atoms with Crippen LogP contribution in [-0.4, -0.2) is 25.3 Å². The van der Waals surface area contributed by atoms with E-state index in [2.05, 4.69) is 15.5 Å². The Morgan fingerprint density at radius 2 is 2.00 bits per heavy atom. The molecule has 0 amide bonds. The second kappa shape index (κ2) is 3.32. The average Bonchev–Trinajstić information content (AvgIpc) is 2.67. The fourth-order valence-corrected chi connectivity index (χ4v) is 1.09. The quantitative estimate of drug-likeness (QED) is 0.714. The smallest absolute Gasteiger partial charge is 0.184 e. The Kier molecular flexibility index (Phi) is 2.01. The van der Waals surface area contributed by atoms with E-state index in [0.29, 0.717) is 5.82 Å². The molecule has 1 aromatic carbocycles. The molecule has 66 valence electrons. The van der Waals surface area contributed by atoms with Gasteiger partial charge in [-0.3, -0.25) is 0 Å². The molecular formula is C8H8N4O. The number of benzene rings is 1. The summed E-state index contributed by atoms with van der Waals surface area (Å²) in [5.41, 5.74) is 0.890. The van der Waals surface area contributed by atoms with Crippen molar-refractivity contribution in [2.24, 2.45) is 0 Å². The van der Waals surface area contributed by atoms with Gasteiger partial charge in [-0.1, -0.05) is 30.3 Å². The van der Waals surface area contributed by atoms with Crippen LogP contribution in [0.1, 0.15) is 0 Å². The molecule has 0 unspecified atom stereocenters. The number of aliphatic hydroxyl groups excluding tert-OH is 1. The van der Waals surface area contributed by atoms with Crippen molar-refractivity contribution in [2.45, 2.75) is 6.73 Å². The maximum absolute atomic E-state index is 8.89. The molecule has 0 saturated carbocycles. The SMILES string of the molecule is OCn1nnnc1-c1ccccc1. The fourth-order valence-electron chi connectivity index (χ4n) is 1.09. The predicted molar refractivity (Wildman–Crippen MR) is 45.5 cm³/mol. The van der Waals surface area contributed by atoms with Gasteiger partial charge in [-0.15, -0.1) is 5.10 Å². The van der Waals surface area contributed by atoms with E-state index in [0.717, 1.165) is 5.56 Å². The summed E-state index contributed by atoms with van der Waals surface area (Å²) in [6.07, 6.45) is 0. The van der Waals surface area contributed by atoms with Crippen molar-refractivity contribution in [2.75, 3.05) is 0 Å². The van der Waals surface area contributed by atoms with Crippen molar-refractivity contribution in [3.63, 3.8) is 0 Å². The summed E-state index contributed by atoms with van der Waals surface area (Å²) in [4.78, 5) is 0. The Hall–Kier alpha value is -1.75. The van der Waals surface area contributed by atoms with Crippen molar-refractivity contribution in [3.05, 3.63) is 30.3 Å². The summed E-state index contributed by atoms with van der Waals surface area (Å²) in [5, 5.41) is 19.8. The summed E-state index contributed by atoms with van der Waals surface area (Å²) >= 11 is 0. The molecule has 0 fully saturated rings. The van der Waals surface area contributed by atoms with Gasteiger partial charge in [0.2, 0.25) is 0 Å². The van der Waals surface area contributed by atoms with Crippen LogP contribution in [0.4, 0.5) is 0 Å². The van der Waals surface area contributed by atoms with Gasteiger partial charge in [0.1, 0.15) is 6.73 Å². The summed E-state index contributed by atoms with van der Waals surface area (Å²) in [6, 6.07) is 9.48. The molecule has 0 atom stereocenters. The van der Waals surface area contributed by atoms with Crippen LogP contribution < -0.4 is 0 Å². The lowest BCUT2D eigenvalue weighted by molar-refractivity contribution is 0.194. The third kappa shape index (κ3) is 1.41. The molecule has 5 nitrogen and oxygen atoms in total. The number of hydrogen-bond donors (Lipinski definition) is 1. The van der Waals surface area contributed by atoms with E-state index in [1.165, 1.54) is 4.68 Å². The van der Waals surface area contributed by atoms with Crippen molar-refractivity contribution < 1.29 is 5.11 Å². The van der Waals surface area contributed by atoms with E-state index in [1.807, 2.05) is 30.3 Å². The van der Waals surface area contributed by atoms with Crippen LogP contribution in [0, 0.1) is 0 Å². The van der Waals surface area contributed by atoms with Gasteiger partial charge in [0, 0.05) is 5.56 Å². The Labute approximate surface area is 74.6 Å². The van der Waals surface area contributed by atoms with Gasteiger partial charge >= 0.3 is 0 Å². The van der Waals surface area contributed by atoms with Gasteiger partial charge in [-0.25, -0.2) is 0 Å². The van der Waals surface area contributed by atoms with Crippen LogP contribution in [0.5, 0.6) is 0 Å². The van der Waals surface area contributed by atoms with E-state index in [1.54, 1.807) is 0 Å². The molecule has 1 aromatic heterocycles. The van der Waals surface area contributed by atoms with Gasteiger partial charge in [-0.05, 0) is 10.4 Å². The lowest BCUT2D eigenvalue weighted by Crippen LogP contribution is -2.01. The molecule has 2 aromatic rings. The number of tetrazole rings is 1. The van der Waals surface area contributed by atoms with E-state index >= 15 is 0 Å². The topological polar surface area (TPSA) is 63.8 Å². The first-order valence-electron chi connectivity index (χ1n) is 3.84. The van der Waals surface area contributed by atoms with Gasteiger partial charge in [0.15, 0.2) is 5.82 Å². The molecule has 0 saturated heterocycles. The lowest BCUT2D eigenvalue weighted by atomic mass is 10.2. The first kappa shape index (κ1) is 7.88. The molecular weight excluding hydrogens is 168 g/mol. The molecule has 0 aliphatic carbocycles. The largest absolute Gasteiger partial charge is 0.374 e. The molecule has 1 heterocycles. The third-order valence-electron chi connectivity index (χ3n) is 1.70. The van der Waals surface area contributed by atoms with E-state index < -0.39 is 0 Å². The van der Waals surface area contributed by atoms with Crippen LogP contribution in [0.25, 0.3) is 11.4 Å². The Balaban J connectivity index is 2.47. The number of nitrogens with zero attached hydrogens (tertiary/aromatic N) is 4. The third-order valence-corrected chi connectivity index (χ3v) is 1.70. The van der Waals surface area contributed by atoms with E-state index in [9.17, 15) is 0 Å². The number of aromatic nitrogens is 4. The molecule has 0 aliphatic heterocycles. The van der Waals surface area contributed by atoms with Crippen LogP contribution in [0.3, 0.4) is 0 Å². The van der Waals surface area contributed by atoms with Crippen molar-refractivity contribution in [3.8, 4) is 11.4 Å². The van der Waals surface area contributed by atoms with Gasteiger partial charge in [0.05, 0.1) is 0 Å². The molecule has 13 heavy (non-hydrogen) atoms. The summed E-state index contributed by atoms with van der Waals surface area (Å²) in [6.45, 7) is -0.211. The Morgan fingerprint density at radius 1 is 1.23 bits per heavy atom. The normalized spacial score (nSPS) is 10.2. The van der Waals surface area contributed by atoms with Crippen LogP contribution in [0.2, 0.25) is 0 Å². The van der Waals surface area contributed by atoms with E-state index in [-0.39, 0.29) is 6.73 Å². The molecule has 0 radical (unpaired) electrons. The van der Waals surface area contributed by atoms with Crippen molar-refractivity contribution in [1.82, 2.24) is 20.2 Å². The lowest BCUT2D eigenvalue weighted by Gasteiger charge is -1.98. The molecule has 5 heteroatoms. The second-order valence-electron chi connectivity index (χ2n) is 2.51. The Morgan fingerprint density at radius 3 is 2.69 bits per heavy atom. The molecule has 0 aliphatic rings. The highest BCUT2D eigenvalue weighted by Crippen LogP contribution is 2.13. The fraction of sp³-hybridized carbons (Fsp3) is 0.125. The predicted octanol–water partition coefficient (Wildman–Crippen LogP) is 0.290. The zero-order valence-electron chi connectivity index (χ0n) is 6.83. The van der Waals surface area contributed by atoms with Crippen molar-refractivity contribution >= 4 is 0 Å². The highest BCUT2D eigenvalue weighted by Gasteiger charge is 2.05. The zero-order valence-corrected chi connectivity index (χ0v) is 6.83. The maximum Gasteiger partial charge on any atom is 0.184 e. The molecule has 1 N–H and O–H groups in total. The molecule has 0 spiro atoms. The minimum atomic E-state index is -0.211. The van der Waals surface area contributed by atoms with Gasteiger partial charge in [-0.2, -0.15) is 4.68 Å². The number of aliphatic hydroxyl groups is 1. The highest BCUT2D eigenvalue weighted by atomic mass is 16.3. The monoisotopic (exact) mass is 176 g/mol. The summed E-state index contributed by atoms with van der Waals surface area (Å²) in [5.74, 6) is 0.572. The van der Waals surface area contributed by atoms with E-state index in [4.69, 9.17) is 5.11 Å². The number of hydrogen-bond acceptors (Lipinski definition) is 4. The van der Waals surface area contributed by atoms with Crippen LogP contribution in [0.15, 0.2) is 30.3 Å². The number of rotatable bonds is 2. The molecule has 0 bridgehead atoms. The van der Waals surface area contributed by atoms with Crippen LogP contribution in [-0.2, 0) is 6.73 Å². The maximum atomic E-state index is 8.89. The minimum absolute atomic E-state index is 0.211. The van der Waals surface area contributed by atoms with Gasteiger partial charge < -0.3 is 5.11 Å². The summed E-state index contributed by atoms with van der Waals surface area (Å²) in [7, 11) is 0.